The minimum Gasteiger partial charge on any atom is -0.452 e. The van der Waals surface area contributed by atoms with E-state index in [-0.39, 0.29) is 28.3 Å². The molecule has 1 amide bonds. The minimum absolute atomic E-state index is 0.122. The Morgan fingerprint density at radius 2 is 1.88 bits per heavy atom. The maximum atomic E-state index is 13.8. The number of nitrogens with zero attached hydrogens (tertiary/aromatic N) is 2. The molecule has 0 spiro atoms. The maximum Gasteiger partial charge on any atom is 0.341 e. The van der Waals surface area contributed by atoms with Crippen LogP contribution in [0.3, 0.4) is 0 Å². The van der Waals surface area contributed by atoms with Crippen LogP contribution in [0.2, 0.25) is 5.02 Å². The first-order chi connectivity index (χ1) is 12.3. The molecule has 0 saturated heterocycles. The largest absolute Gasteiger partial charge is 0.452 e. The molecule has 0 aliphatic heterocycles. The Morgan fingerprint density at radius 3 is 2.58 bits per heavy atom. The third-order valence-corrected chi connectivity index (χ3v) is 3.72. The van der Waals surface area contributed by atoms with E-state index in [9.17, 15) is 18.4 Å². The van der Waals surface area contributed by atoms with Gasteiger partial charge in [0.25, 0.3) is 5.91 Å². The van der Waals surface area contributed by atoms with Gasteiger partial charge in [0.15, 0.2) is 6.61 Å². The van der Waals surface area contributed by atoms with Gasteiger partial charge >= 0.3 is 5.97 Å². The van der Waals surface area contributed by atoms with Crippen LogP contribution in [0.25, 0.3) is 0 Å². The van der Waals surface area contributed by atoms with Gasteiger partial charge in [0.05, 0.1) is 17.2 Å². The molecule has 134 valence electrons. The van der Waals surface area contributed by atoms with Gasteiger partial charge in [-0.05, 0) is 36.4 Å². The molecule has 0 heterocycles. The van der Waals surface area contributed by atoms with Crippen LogP contribution in [-0.2, 0) is 16.1 Å². The standard InChI is InChI=1S/C18H13ClF2N2O3/c1-23(9-12-6-11(8-22)2-4-15(12)20)17(24)10-26-18(25)14-7-13(19)3-5-16(14)21/h2-7H,9-10H2,1H3. The Kier molecular flexibility index (Phi) is 6.26. The average Bonchev–Trinajstić information content (AvgIpc) is 2.63. The van der Waals surface area contributed by atoms with Gasteiger partial charge in [0, 0.05) is 24.2 Å². The van der Waals surface area contributed by atoms with Gasteiger partial charge in [-0.25, -0.2) is 13.6 Å². The molecule has 0 aliphatic carbocycles. The van der Waals surface area contributed by atoms with Gasteiger partial charge in [-0.2, -0.15) is 5.26 Å². The molecule has 0 radical (unpaired) electrons. The van der Waals surface area contributed by atoms with Crippen molar-refractivity contribution < 1.29 is 23.1 Å². The first-order valence-electron chi connectivity index (χ1n) is 7.36. The highest BCUT2D eigenvalue weighted by Crippen LogP contribution is 2.16. The highest BCUT2D eigenvalue weighted by atomic mass is 35.5. The van der Waals surface area contributed by atoms with Crippen LogP contribution in [0.5, 0.6) is 0 Å². The lowest BCUT2D eigenvalue weighted by atomic mass is 10.1. The predicted molar refractivity (Wildman–Crippen MR) is 89.3 cm³/mol. The van der Waals surface area contributed by atoms with Crippen LogP contribution in [0.4, 0.5) is 8.78 Å². The van der Waals surface area contributed by atoms with Gasteiger partial charge in [-0.3, -0.25) is 4.79 Å². The van der Waals surface area contributed by atoms with E-state index >= 15 is 0 Å². The molecule has 0 unspecified atom stereocenters. The molecular weight excluding hydrogens is 366 g/mol. The lowest BCUT2D eigenvalue weighted by Crippen LogP contribution is -2.31. The van der Waals surface area contributed by atoms with Crippen LogP contribution >= 0.6 is 11.6 Å². The number of rotatable bonds is 5. The van der Waals surface area contributed by atoms with Crippen LogP contribution in [0.1, 0.15) is 21.5 Å². The van der Waals surface area contributed by atoms with Gasteiger partial charge in [-0.1, -0.05) is 11.6 Å². The number of ether oxygens (including phenoxy) is 1. The van der Waals surface area contributed by atoms with Gasteiger partial charge < -0.3 is 9.64 Å². The number of hydrogen-bond donors (Lipinski definition) is 0. The maximum absolute atomic E-state index is 13.8. The van der Waals surface area contributed by atoms with Crippen molar-refractivity contribution in [3.63, 3.8) is 0 Å². The van der Waals surface area contributed by atoms with Crippen LogP contribution in [-0.4, -0.2) is 30.4 Å². The normalized spacial score (nSPS) is 10.1. The van der Waals surface area contributed by atoms with Gasteiger partial charge in [0.1, 0.15) is 11.6 Å². The van der Waals surface area contributed by atoms with Crippen molar-refractivity contribution in [1.29, 1.82) is 5.26 Å². The van der Waals surface area contributed by atoms with E-state index in [1.807, 2.05) is 6.07 Å². The molecule has 0 N–H and O–H groups in total. The van der Waals surface area contributed by atoms with Crippen molar-refractivity contribution in [2.75, 3.05) is 13.7 Å². The van der Waals surface area contributed by atoms with Gasteiger partial charge in [-0.15, -0.1) is 0 Å². The third kappa shape index (κ3) is 4.77. The molecule has 2 rings (SSSR count). The summed E-state index contributed by atoms with van der Waals surface area (Å²) < 4.78 is 32.1. The van der Waals surface area contributed by atoms with E-state index in [1.54, 1.807) is 0 Å². The summed E-state index contributed by atoms with van der Waals surface area (Å²) in [5.41, 5.74) is 0.0120. The summed E-state index contributed by atoms with van der Waals surface area (Å²) in [7, 11) is 1.38. The lowest BCUT2D eigenvalue weighted by Gasteiger charge is -2.17. The smallest absolute Gasteiger partial charge is 0.341 e. The fraction of sp³-hybridized carbons (Fsp3) is 0.167. The Hall–Kier alpha value is -2.98. The minimum atomic E-state index is -1.04. The quantitative estimate of drug-likeness (QED) is 0.748. The number of amides is 1. The summed E-state index contributed by atoms with van der Waals surface area (Å²) in [5.74, 6) is -3.05. The van der Waals surface area contributed by atoms with Crippen molar-refractivity contribution in [1.82, 2.24) is 4.90 Å². The van der Waals surface area contributed by atoms with E-state index in [2.05, 4.69) is 0 Å². The lowest BCUT2D eigenvalue weighted by molar-refractivity contribution is -0.133. The van der Waals surface area contributed by atoms with E-state index in [1.165, 1.54) is 25.2 Å². The Morgan fingerprint density at radius 1 is 1.19 bits per heavy atom. The predicted octanol–water partition coefficient (Wildman–Crippen LogP) is 3.31. The first-order valence-corrected chi connectivity index (χ1v) is 7.74. The number of esters is 1. The molecule has 0 aromatic heterocycles. The fourth-order valence-electron chi connectivity index (χ4n) is 2.08. The molecular formula is C18H13ClF2N2O3. The van der Waals surface area contributed by atoms with Crippen molar-refractivity contribution in [3.05, 3.63) is 69.7 Å². The van der Waals surface area contributed by atoms with Crippen molar-refractivity contribution >= 4 is 23.5 Å². The zero-order chi connectivity index (χ0) is 19.3. The molecule has 5 nitrogen and oxygen atoms in total. The zero-order valence-corrected chi connectivity index (χ0v) is 14.4. The Labute approximate surface area is 153 Å². The molecule has 0 bridgehead atoms. The van der Waals surface area contributed by atoms with E-state index in [0.29, 0.717) is 0 Å². The number of hydrogen-bond acceptors (Lipinski definition) is 4. The van der Waals surface area contributed by atoms with E-state index in [4.69, 9.17) is 21.6 Å². The second-order valence-electron chi connectivity index (χ2n) is 5.37. The fourth-order valence-corrected chi connectivity index (χ4v) is 2.25. The van der Waals surface area contributed by atoms with E-state index in [0.717, 1.165) is 23.1 Å². The summed E-state index contributed by atoms with van der Waals surface area (Å²) in [6.07, 6.45) is 0. The van der Waals surface area contributed by atoms with Crippen LogP contribution in [0, 0.1) is 23.0 Å². The first kappa shape index (κ1) is 19.3. The van der Waals surface area contributed by atoms with Gasteiger partial charge in [0.2, 0.25) is 0 Å². The van der Waals surface area contributed by atoms with Crippen molar-refractivity contribution in [2.45, 2.75) is 6.54 Å². The Balaban J connectivity index is 1.98. The number of benzene rings is 2. The molecule has 8 heteroatoms. The molecule has 0 fully saturated rings. The number of carbonyl (C=O) groups excluding carboxylic acids is 2. The topological polar surface area (TPSA) is 70.4 Å². The number of carbonyl (C=O) groups is 2. The summed E-state index contributed by atoms with van der Waals surface area (Å²) in [6, 6.07) is 9.04. The summed E-state index contributed by atoms with van der Waals surface area (Å²) in [5, 5.41) is 8.99. The summed E-state index contributed by atoms with van der Waals surface area (Å²) in [4.78, 5) is 25.0. The molecule has 2 aromatic carbocycles. The highest BCUT2D eigenvalue weighted by molar-refractivity contribution is 6.30. The SMILES string of the molecule is CN(Cc1cc(C#N)ccc1F)C(=O)COC(=O)c1cc(Cl)ccc1F. The second kappa shape index (κ2) is 8.41. The zero-order valence-electron chi connectivity index (χ0n) is 13.6. The molecule has 0 atom stereocenters. The number of nitriles is 1. The summed E-state index contributed by atoms with van der Waals surface area (Å²) in [6.45, 7) is -0.774. The molecule has 26 heavy (non-hydrogen) atoms. The monoisotopic (exact) mass is 378 g/mol. The Bertz CT molecular complexity index is 896. The van der Waals surface area contributed by atoms with E-state index < -0.39 is 30.1 Å². The molecule has 0 aliphatic rings. The third-order valence-electron chi connectivity index (χ3n) is 3.48. The molecule has 2 aromatic rings. The highest BCUT2D eigenvalue weighted by Gasteiger charge is 2.18. The molecule has 0 saturated carbocycles. The van der Waals surface area contributed by atoms with Crippen molar-refractivity contribution in [3.8, 4) is 6.07 Å². The average molecular weight is 379 g/mol. The summed E-state index contributed by atoms with van der Waals surface area (Å²) >= 11 is 5.70. The second-order valence-corrected chi connectivity index (χ2v) is 5.80. The van der Waals surface area contributed by atoms with Crippen LogP contribution < -0.4 is 0 Å². The number of likely N-dealkylation sites (N-methyl/N-ethyl adjacent to an activating group) is 1. The van der Waals surface area contributed by atoms with Crippen LogP contribution in [0.15, 0.2) is 36.4 Å². The number of halogens is 3. The van der Waals surface area contributed by atoms with Crippen molar-refractivity contribution in [2.24, 2.45) is 0 Å².